The van der Waals surface area contributed by atoms with Gasteiger partial charge in [0.25, 0.3) is 5.91 Å². The second-order valence-electron chi connectivity index (χ2n) is 6.95. The lowest BCUT2D eigenvalue weighted by Gasteiger charge is -2.36. The van der Waals surface area contributed by atoms with Crippen molar-refractivity contribution in [3.05, 3.63) is 57.0 Å². The molecule has 0 N–H and O–H groups in total. The van der Waals surface area contributed by atoms with Gasteiger partial charge in [0.1, 0.15) is 15.7 Å². The molecule has 8 heteroatoms. The molecule has 2 aromatic heterocycles. The van der Waals surface area contributed by atoms with E-state index in [0.717, 1.165) is 16.3 Å². The Morgan fingerprint density at radius 2 is 1.90 bits per heavy atom. The Morgan fingerprint density at radius 1 is 1.14 bits per heavy atom. The number of ketones is 1. The highest BCUT2D eigenvalue weighted by molar-refractivity contribution is 7.17. The maximum Gasteiger partial charge on any atom is 0.265 e. The van der Waals surface area contributed by atoms with E-state index in [1.165, 1.54) is 24.3 Å². The number of Topliss-reactive ketones (excluding diaryl/α,β-unsaturated/α-hetero) is 1. The lowest BCUT2D eigenvalue weighted by Crippen LogP contribution is -2.49. The number of halogens is 1. The molecule has 5 nitrogen and oxygen atoms in total. The topological polar surface area (TPSA) is 53.5 Å². The van der Waals surface area contributed by atoms with Crippen molar-refractivity contribution in [3.63, 3.8) is 0 Å². The van der Waals surface area contributed by atoms with E-state index >= 15 is 0 Å². The molecule has 0 saturated carbocycles. The van der Waals surface area contributed by atoms with Crippen LogP contribution in [-0.4, -0.2) is 47.8 Å². The van der Waals surface area contributed by atoms with Gasteiger partial charge in [0.15, 0.2) is 5.78 Å². The van der Waals surface area contributed by atoms with Crippen LogP contribution in [-0.2, 0) is 0 Å². The quantitative estimate of drug-likeness (QED) is 0.574. The van der Waals surface area contributed by atoms with Crippen LogP contribution in [0.5, 0.6) is 0 Å². The zero-order valence-electron chi connectivity index (χ0n) is 16.1. The number of anilines is 1. The molecular formula is C21H20FN3O2S2. The van der Waals surface area contributed by atoms with Crippen LogP contribution in [0.2, 0.25) is 0 Å². The van der Waals surface area contributed by atoms with Crippen molar-refractivity contribution in [2.24, 2.45) is 0 Å². The third kappa shape index (κ3) is 3.95. The Balaban J connectivity index is 1.45. The Morgan fingerprint density at radius 3 is 2.52 bits per heavy atom. The van der Waals surface area contributed by atoms with E-state index in [1.54, 1.807) is 28.4 Å². The first-order chi connectivity index (χ1) is 13.9. The first-order valence-corrected chi connectivity index (χ1v) is 11.0. The predicted octanol–water partition coefficient (Wildman–Crippen LogP) is 4.48. The van der Waals surface area contributed by atoms with Gasteiger partial charge in [0.2, 0.25) is 0 Å². The van der Waals surface area contributed by atoms with Gasteiger partial charge in [-0.3, -0.25) is 9.59 Å². The maximum absolute atomic E-state index is 14.4. The Hall–Kier alpha value is -2.58. The number of thiazole rings is 1. The van der Waals surface area contributed by atoms with Crippen LogP contribution in [0, 0.1) is 12.7 Å². The number of hydrogen-bond donors (Lipinski definition) is 0. The van der Waals surface area contributed by atoms with Gasteiger partial charge < -0.3 is 9.80 Å². The third-order valence-corrected chi connectivity index (χ3v) is 6.90. The number of carbonyl (C=O) groups excluding carboxylic acids is 2. The minimum Gasteiger partial charge on any atom is -0.366 e. The summed E-state index contributed by atoms with van der Waals surface area (Å²) >= 11 is 3.03. The van der Waals surface area contributed by atoms with Crippen molar-refractivity contribution < 1.29 is 14.0 Å². The summed E-state index contributed by atoms with van der Waals surface area (Å²) < 4.78 is 14.4. The molecule has 1 aromatic carbocycles. The molecular weight excluding hydrogens is 409 g/mol. The molecule has 0 bridgehead atoms. The zero-order chi connectivity index (χ0) is 20.5. The molecule has 150 valence electrons. The van der Waals surface area contributed by atoms with Crippen LogP contribution in [0.4, 0.5) is 10.1 Å². The largest absolute Gasteiger partial charge is 0.366 e. The average Bonchev–Trinajstić information content (AvgIpc) is 3.37. The fourth-order valence-electron chi connectivity index (χ4n) is 3.38. The summed E-state index contributed by atoms with van der Waals surface area (Å²) in [4.78, 5) is 33.4. The number of piperazine rings is 1. The molecule has 4 rings (SSSR count). The van der Waals surface area contributed by atoms with Crippen LogP contribution in [0.3, 0.4) is 0 Å². The van der Waals surface area contributed by atoms with Crippen molar-refractivity contribution >= 4 is 40.1 Å². The molecule has 1 saturated heterocycles. The molecule has 1 fully saturated rings. The highest BCUT2D eigenvalue weighted by Crippen LogP contribution is 2.30. The Bertz CT molecular complexity index is 1050. The monoisotopic (exact) mass is 429 g/mol. The van der Waals surface area contributed by atoms with Crippen LogP contribution in [0.25, 0.3) is 10.6 Å². The van der Waals surface area contributed by atoms with Gasteiger partial charge in [0.05, 0.1) is 11.4 Å². The molecule has 0 atom stereocenters. The summed E-state index contributed by atoms with van der Waals surface area (Å²) in [5.74, 6) is -0.586. The van der Waals surface area contributed by atoms with Gasteiger partial charge >= 0.3 is 0 Å². The molecule has 1 aliphatic rings. The average molecular weight is 430 g/mol. The van der Waals surface area contributed by atoms with Crippen LogP contribution < -0.4 is 4.90 Å². The zero-order valence-corrected chi connectivity index (χ0v) is 17.8. The fraction of sp³-hybridized carbons (Fsp3) is 0.286. The van der Waals surface area contributed by atoms with Gasteiger partial charge in [-0.25, -0.2) is 9.37 Å². The fourth-order valence-corrected chi connectivity index (χ4v) is 5.13. The predicted molar refractivity (Wildman–Crippen MR) is 115 cm³/mol. The van der Waals surface area contributed by atoms with Gasteiger partial charge in [0, 0.05) is 42.7 Å². The second kappa shape index (κ2) is 8.04. The van der Waals surface area contributed by atoms with E-state index in [2.05, 4.69) is 4.98 Å². The number of nitrogens with zero attached hydrogens (tertiary/aromatic N) is 3. The Labute approximate surface area is 176 Å². The van der Waals surface area contributed by atoms with E-state index in [1.807, 2.05) is 28.7 Å². The molecule has 0 radical (unpaired) electrons. The van der Waals surface area contributed by atoms with Crippen molar-refractivity contribution in [2.75, 3.05) is 31.1 Å². The van der Waals surface area contributed by atoms with Crippen molar-refractivity contribution in [1.29, 1.82) is 0 Å². The molecule has 0 spiro atoms. The lowest BCUT2D eigenvalue weighted by atomic mass is 10.1. The van der Waals surface area contributed by atoms with E-state index in [4.69, 9.17) is 0 Å². The van der Waals surface area contributed by atoms with Gasteiger partial charge in [-0.2, -0.15) is 11.3 Å². The summed E-state index contributed by atoms with van der Waals surface area (Å²) in [6, 6.07) is 6.57. The normalized spacial score (nSPS) is 14.3. The van der Waals surface area contributed by atoms with Crippen LogP contribution in [0.1, 0.15) is 32.6 Å². The molecule has 0 unspecified atom stereocenters. The number of carbonyl (C=O) groups is 2. The number of hydrogen-bond acceptors (Lipinski definition) is 6. The number of thiophene rings is 1. The Kier molecular flexibility index (Phi) is 5.47. The summed E-state index contributed by atoms with van der Waals surface area (Å²) in [6.45, 7) is 5.39. The third-order valence-electron chi connectivity index (χ3n) is 5.02. The summed E-state index contributed by atoms with van der Waals surface area (Å²) in [6.07, 6.45) is 0. The van der Waals surface area contributed by atoms with E-state index in [0.29, 0.717) is 42.3 Å². The highest BCUT2D eigenvalue weighted by atomic mass is 32.1. The highest BCUT2D eigenvalue weighted by Gasteiger charge is 2.27. The minimum absolute atomic E-state index is 0.0199. The van der Waals surface area contributed by atoms with E-state index in [-0.39, 0.29) is 11.7 Å². The number of amides is 1. The summed E-state index contributed by atoms with van der Waals surface area (Å²) in [7, 11) is 0. The second-order valence-corrected chi connectivity index (χ2v) is 8.73. The molecule has 3 aromatic rings. The van der Waals surface area contributed by atoms with E-state index < -0.39 is 5.82 Å². The van der Waals surface area contributed by atoms with Crippen LogP contribution in [0.15, 0.2) is 35.0 Å². The molecule has 1 aliphatic heterocycles. The molecule has 1 amide bonds. The number of aromatic nitrogens is 1. The number of rotatable bonds is 4. The van der Waals surface area contributed by atoms with Gasteiger partial charge in [-0.1, -0.05) is 0 Å². The van der Waals surface area contributed by atoms with Gasteiger partial charge in [-0.15, -0.1) is 11.3 Å². The van der Waals surface area contributed by atoms with Gasteiger partial charge in [-0.05, 0) is 43.5 Å². The lowest BCUT2D eigenvalue weighted by molar-refractivity contribution is 0.0750. The summed E-state index contributed by atoms with van der Waals surface area (Å²) in [5.41, 5.74) is 2.61. The first-order valence-electron chi connectivity index (χ1n) is 9.28. The smallest absolute Gasteiger partial charge is 0.265 e. The van der Waals surface area contributed by atoms with E-state index in [9.17, 15) is 14.0 Å². The van der Waals surface area contributed by atoms with Crippen LogP contribution >= 0.6 is 22.7 Å². The number of benzene rings is 1. The minimum atomic E-state index is -0.406. The SMILES string of the molecule is CC(=O)c1ccc(N2CCN(C(=O)c3sc(-c4ccsc4)nc3C)CC2)c(F)c1. The summed E-state index contributed by atoms with van der Waals surface area (Å²) in [5, 5.41) is 4.88. The first kappa shape index (κ1) is 19.7. The molecule has 3 heterocycles. The van der Waals surface area contributed by atoms with Crippen molar-refractivity contribution in [2.45, 2.75) is 13.8 Å². The maximum atomic E-state index is 14.4. The van der Waals surface area contributed by atoms with Crippen molar-refractivity contribution in [1.82, 2.24) is 9.88 Å². The molecule has 0 aliphatic carbocycles. The number of aryl methyl sites for hydroxylation is 1. The standard InChI is InChI=1S/C21H20FN3O2S2/c1-13-19(29-20(23-13)16-5-10-28-12-16)21(27)25-8-6-24(7-9-25)18-4-3-15(14(2)26)11-17(18)22/h3-5,10-12H,6-9H2,1-2H3. The molecule has 29 heavy (non-hydrogen) atoms. The van der Waals surface area contributed by atoms with Crippen molar-refractivity contribution in [3.8, 4) is 10.6 Å².